The van der Waals surface area contributed by atoms with Gasteiger partial charge in [-0.2, -0.15) is 0 Å². The molecule has 1 heterocycles. The lowest BCUT2D eigenvalue weighted by atomic mass is 10.1. The van der Waals surface area contributed by atoms with Crippen molar-refractivity contribution in [3.63, 3.8) is 0 Å². The van der Waals surface area contributed by atoms with Gasteiger partial charge in [0.1, 0.15) is 5.82 Å². The van der Waals surface area contributed by atoms with Crippen LogP contribution in [-0.2, 0) is 6.54 Å². The van der Waals surface area contributed by atoms with Crippen LogP contribution >= 0.6 is 0 Å². The molecule has 3 aromatic rings. The molecule has 3 N–H and O–H groups in total. The predicted molar refractivity (Wildman–Crippen MR) is 84.7 cm³/mol. The van der Waals surface area contributed by atoms with Crippen molar-refractivity contribution < 1.29 is 0 Å². The largest absolute Gasteiger partial charge is 0.398 e. The van der Waals surface area contributed by atoms with Crippen LogP contribution in [0.25, 0.3) is 10.8 Å². The lowest BCUT2D eigenvalue weighted by Crippen LogP contribution is -2.03. The van der Waals surface area contributed by atoms with E-state index in [0.29, 0.717) is 0 Å². The zero-order chi connectivity index (χ0) is 13.9. The van der Waals surface area contributed by atoms with Crippen LogP contribution in [0, 0.1) is 6.92 Å². The van der Waals surface area contributed by atoms with E-state index >= 15 is 0 Å². The normalized spacial score (nSPS) is 10.7. The molecule has 3 heteroatoms. The van der Waals surface area contributed by atoms with Gasteiger partial charge in [0.15, 0.2) is 0 Å². The number of nitrogens with one attached hydrogen (secondary N) is 1. The molecule has 0 saturated carbocycles. The van der Waals surface area contributed by atoms with Gasteiger partial charge in [-0.25, -0.2) is 4.98 Å². The predicted octanol–water partition coefficient (Wildman–Crippen LogP) is 3.74. The molecule has 0 aliphatic carbocycles. The fraction of sp³-hybridized carbons (Fsp3) is 0.118. The van der Waals surface area contributed by atoms with Crippen molar-refractivity contribution >= 4 is 22.3 Å². The van der Waals surface area contributed by atoms with E-state index in [1.165, 1.54) is 11.1 Å². The number of nitrogens with zero attached hydrogens (tertiary/aromatic N) is 1. The van der Waals surface area contributed by atoms with Gasteiger partial charge in [0.2, 0.25) is 0 Å². The Balaban J connectivity index is 1.98. The number of rotatable bonds is 3. The Hall–Kier alpha value is -2.55. The van der Waals surface area contributed by atoms with Gasteiger partial charge in [0.05, 0.1) is 0 Å². The van der Waals surface area contributed by atoms with Crippen molar-refractivity contribution in [3.05, 3.63) is 65.9 Å². The van der Waals surface area contributed by atoms with Crippen molar-refractivity contribution in [3.8, 4) is 0 Å². The first-order chi connectivity index (χ1) is 9.75. The van der Waals surface area contributed by atoms with E-state index in [0.717, 1.165) is 28.8 Å². The molecule has 0 fully saturated rings. The van der Waals surface area contributed by atoms with E-state index in [4.69, 9.17) is 5.73 Å². The van der Waals surface area contributed by atoms with E-state index < -0.39 is 0 Å². The maximum Gasteiger partial charge on any atom is 0.134 e. The zero-order valence-corrected chi connectivity index (χ0v) is 11.4. The molecular weight excluding hydrogens is 246 g/mol. The topological polar surface area (TPSA) is 50.9 Å². The van der Waals surface area contributed by atoms with Crippen LogP contribution in [0.1, 0.15) is 11.1 Å². The Bertz CT molecular complexity index is 736. The molecule has 0 amide bonds. The van der Waals surface area contributed by atoms with Crippen molar-refractivity contribution in [2.75, 3.05) is 11.1 Å². The van der Waals surface area contributed by atoms with Crippen molar-refractivity contribution in [2.45, 2.75) is 13.5 Å². The van der Waals surface area contributed by atoms with E-state index in [2.05, 4.69) is 29.4 Å². The van der Waals surface area contributed by atoms with Gasteiger partial charge < -0.3 is 11.1 Å². The molecule has 100 valence electrons. The summed E-state index contributed by atoms with van der Waals surface area (Å²) in [4.78, 5) is 4.46. The van der Waals surface area contributed by atoms with E-state index in [1.807, 2.05) is 36.4 Å². The minimum Gasteiger partial charge on any atom is -0.398 e. The molecule has 0 bridgehead atoms. The monoisotopic (exact) mass is 263 g/mol. The second-order valence-electron chi connectivity index (χ2n) is 4.89. The Morgan fingerprint density at radius 3 is 2.65 bits per heavy atom. The number of hydrogen-bond donors (Lipinski definition) is 2. The summed E-state index contributed by atoms with van der Waals surface area (Å²) in [5, 5.41) is 5.56. The third kappa shape index (κ3) is 2.30. The summed E-state index contributed by atoms with van der Waals surface area (Å²) in [7, 11) is 0. The minimum absolute atomic E-state index is 0.751. The van der Waals surface area contributed by atoms with Crippen molar-refractivity contribution in [2.24, 2.45) is 0 Å². The fourth-order valence-corrected chi connectivity index (χ4v) is 2.41. The van der Waals surface area contributed by atoms with Crippen LogP contribution < -0.4 is 11.1 Å². The number of fused-ring (bicyclic) bond motifs is 1. The molecule has 2 aromatic carbocycles. The molecular formula is C17H17N3. The minimum atomic E-state index is 0.751. The molecule has 0 aliphatic rings. The smallest absolute Gasteiger partial charge is 0.134 e. The van der Waals surface area contributed by atoms with Crippen LogP contribution in [0.5, 0.6) is 0 Å². The highest BCUT2D eigenvalue weighted by molar-refractivity contribution is 6.01. The Morgan fingerprint density at radius 1 is 1.05 bits per heavy atom. The highest BCUT2D eigenvalue weighted by Crippen LogP contribution is 2.29. The molecule has 0 spiro atoms. The molecule has 0 atom stereocenters. The highest BCUT2D eigenvalue weighted by Gasteiger charge is 2.07. The zero-order valence-electron chi connectivity index (χ0n) is 11.4. The Kier molecular flexibility index (Phi) is 3.25. The highest BCUT2D eigenvalue weighted by atomic mass is 15.0. The molecule has 0 radical (unpaired) electrons. The van der Waals surface area contributed by atoms with E-state index in [-0.39, 0.29) is 0 Å². The van der Waals surface area contributed by atoms with E-state index in [1.54, 1.807) is 6.20 Å². The summed E-state index contributed by atoms with van der Waals surface area (Å²) < 4.78 is 0. The van der Waals surface area contributed by atoms with Gasteiger partial charge in [0.25, 0.3) is 0 Å². The first kappa shape index (κ1) is 12.5. The average molecular weight is 263 g/mol. The van der Waals surface area contributed by atoms with Crippen LogP contribution in [0.2, 0.25) is 0 Å². The number of pyridine rings is 1. The third-order valence-electron chi connectivity index (χ3n) is 3.47. The Labute approximate surface area is 118 Å². The quantitative estimate of drug-likeness (QED) is 0.708. The van der Waals surface area contributed by atoms with Crippen LogP contribution in [0.15, 0.2) is 54.7 Å². The molecule has 3 nitrogen and oxygen atoms in total. The summed E-state index contributed by atoms with van der Waals surface area (Å²) >= 11 is 0. The summed E-state index contributed by atoms with van der Waals surface area (Å²) in [6.07, 6.45) is 1.80. The summed E-state index contributed by atoms with van der Waals surface area (Å²) in [5.74, 6) is 0.885. The third-order valence-corrected chi connectivity index (χ3v) is 3.47. The van der Waals surface area contributed by atoms with Crippen molar-refractivity contribution in [1.82, 2.24) is 4.98 Å². The first-order valence-corrected chi connectivity index (χ1v) is 6.67. The average Bonchev–Trinajstić information content (AvgIpc) is 2.50. The Morgan fingerprint density at radius 2 is 1.85 bits per heavy atom. The maximum absolute atomic E-state index is 6.05. The van der Waals surface area contributed by atoms with Crippen molar-refractivity contribution in [1.29, 1.82) is 0 Å². The SMILES string of the molecule is Cc1ccc(N)c2ccnc(NCc3ccccc3)c12. The second kappa shape index (κ2) is 5.21. The number of anilines is 2. The fourth-order valence-electron chi connectivity index (χ4n) is 2.41. The van der Waals surface area contributed by atoms with Gasteiger partial charge in [-0.1, -0.05) is 36.4 Å². The van der Waals surface area contributed by atoms with Crippen LogP contribution in [-0.4, -0.2) is 4.98 Å². The number of nitrogens with two attached hydrogens (primary N) is 1. The number of aryl methyl sites for hydroxylation is 1. The molecule has 20 heavy (non-hydrogen) atoms. The van der Waals surface area contributed by atoms with Crippen LogP contribution in [0.3, 0.4) is 0 Å². The van der Waals surface area contributed by atoms with Gasteiger partial charge in [-0.05, 0) is 30.2 Å². The molecule has 3 rings (SSSR count). The number of hydrogen-bond acceptors (Lipinski definition) is 3. The van der Waals surface area contributed by atoms with E-state index in [9.17, 15) is 0 Å². The summed E-state index contributed by atoms with van der Waals surface area (Å²) in [6.45, 7) is 2.83. The second-order valence-corrected chi connectivity index (χ2v) is 4.89. The number of benzene rings is 2. The summed E-state index contributed by atoms with van der Waals surface area (Å²) in [6, 6.07) is 16.2. The lowest BCUT2D eigenvalue weighted by molar-refractivity contribution is 1.12. The first-order valence-electron chi connectivity index (χ1n) is 6.67. The molecule has 0 aliphatic heterocycles. The maximum atomic E-state index is 6.05. The van der Waals surface area contributed by atoms with Gasteiger partial charge in [-0.15, -0.1) is 0 Å². The number of aromatic nitrogens is 1. The molecule has 1 aromatic heterocycles. The standard InChI is InChI=1S/C17H17N3/c1-12-7-8-15(18)14-9-10-19-17(16(12)14)20-11-13-5-3-2-4-6-13/h2-10H,11,18H2,1H3,(H,19,20). The number of nitrogen functional groups attached to an aromatic ring is 1. The van der Waals surface area contributed by atoms with Crippen LogP contribution in [0.4, 0.5) is 11.5 Å². The summed E-state index contributed by atoms with van der Waals surface area (Å²) in [5.41, 5.74) is 9.24. The molecule has 0 saturated heterocycles. The molecule has 0 unspecified atom stereocenters. The lowest BCUT2D eigenvalue weighted by Gasteiger charge is -2.12. The van der Waals surface area contributed by atoms with Gasteiger partial charge in [0, 0.05) is 29.2 Å². The van der Waals surface area contributed by atoms with Gasteiger partial charge >= 0.3 is 0 Å². The van der Waals surface area contributed by atoms with Gasteiger partial charge in [-0.3, -0.25) is 0 Å².